The maximum Gasteiger partial charge on any atom is 0.185 e. The first kappa shape index (κ1) is 20.9. The second-order valence-electron chi connectivity index (χ2n) is 7.26. The smallest absolute Gasteiger partial charge is 0.185 e. The fourth-order valence-electron chi connectivity index (χ4n) is 3.62. The van der Waals surface area contributed by atoms with Gasteiger partial charge in [-0.1, -0.05) is 0 Å². The van der Waals surface area contributed by atoms with Crippen LogP contribution in [0.15, 0.2) is 52.7 Å². The van der Waals surface area contributed by atoms with E-state index in [1.165, 1.54) is 35.6 Å². The normalized spacial score (nSPS) is 15.5. The summed E-state index contributed by atoms with van der Waals surface area (Å²) >= 11 is 1.43. The van der Waals surface area contributed by atoms with Crippen molar-refractivity contribution in [1.82, 2.24) is 4.98 Å². The minimum atomic E-state index is -3.51. The van der Waals surface area contributed by atoms with Gasteiger partial charge in [-0.05, 0) is 54.8 Å². The van der Waals surface area contributed by atoms with E-state index in [1.807, 2.05) is 10.3 Å². The van der Waals surface area contributed by atoms with Gasteiger partial charge in [-0.2, -0.15) is 0 Å². The molecule has 1 aromatic heterocycles. The fourth-order valence-corrected chi connectivity index (χ4v) is 6.23. The summed E-state index contributed by atoms with van der Waals surface area (Å²) in [6.07, 6.45) is 1.22. The van der Waals surface area contributed by atoms with E-state index in [4.69, 9.17) is 0 Å². The van der Waals surface area contributed by atoms with E-state index in [-0.39, 0.29) is 4.90 Å². The Kier molecular flexibility index (Phi) is 5.84. The zero-order valence-electron chi connectivity index (χ0n) is 15.9. The highest BCUT2D eigenvalue weighted by molar-refractivity contribution is 7.92. The Balaban J connectivity index is 1.40. The topological polar surface area (TPSA) is 50.3 Å². The zero-order valence-corrected chi connectivity index (χ0v) is 17.5. The van der Waals surface area contributed by atoms with Crippen molar-refractivity contribution in [3.05, 3.63) is 76.6 Å². The molecule has 4 nitrogen and oxygen atoms in total. The van der Waals surface area contributed by atoms with Crippen LogP contribution < -0.4 is 4.90 Å². The first-order valence-electron chi connectivity index (χ1n) is 9.45. The van der Waals surface area contributed by atoms with Crippen LogP contribution >= 0.6 is 11.3 Å². The minimum absolute atomic E-state index is 0.140. The number of benzene rings is 2. The van der Waals surface area contributed by atoms with Gasteiger partial charge in [-0.3, -0.25) is 0 Å². The molecule has 0 saturated carbocycles. The van der Waals surface area contributed by atoms with Gasteiger partial charge < -0.3 is 4.90 Å². The molecule has 0 spiro atoms. The number of piperidine rings is 1. The Morgan fingerprint density at radius 1 is 0.967 bits per heavy atom. The Labute approximate surface area is 176 Å². The molecule has 0 atom stereocenters. The number of nitrogens with zero attached hydrogens (tertiary/aromatic N) is 2. The highest BCUT2D eigenvalue weighted by Crippen LogP contribution is 2.29. The van der Waals surface area contributed by atoms with E-state index in [0.717, 1.165) is 23.3 Å². The number of sulfone groups is 1. The maximum atomic E-state index is 13.4. The Bertz CT molecular complexity index is 1120. The van der Waals surface area contributed by atoms with E-state index < -0.39 is 32.5 Å². The van der Waals surface area contributed by atoms with Crippen molar-refractivity contribution >= 4 is 26.3 Å². The van der Waals surface area contributed by atoms with Crippen LogP contribution in [0.5, 0.6) is 0 Å². The van der Waals surface area contributed by atoms with Crippen molar-refractivity contribution in [3.8, 4) is 0 Å². The first-order valence-corrected chi connectivity index (χ1v) is 11.9. The molecule has 3 aromatic rings. The van der Waals surface area contributed by atoms with Crippen LogP contribution in [0.4, 0.5) is 18.3 Å². The van der Waals surface area contributed by atoms with Crippen molar-refractivity contribution in [2.75, 3.05) is 18.0 Å². The van der Waals surface area contributed by atoms with Crippen molar-refractivity contribution in [2.45, 2.75) is 29.4 Å². The zero-order chi connectivity index (χ0) is 21.3. The Morgan fingerprint density at radius 2 is 1.60 bits per heavy atom. The molecule has 1 aliphatic rings. The lowest BCUT2D eigenvalue weighted by molar-refractivity contribution is 0.529. The molecular formula is C21H19F3N2O2S2. The summed E-state index contributed by atoms with van der Waals surface area (Å²) in [7, 11) is -3.51. The Hall–Kier alpha value is -2.39. The van der Waals surface area contributed by atoms with Crippen molar-refractivity contribution in [3.63, 3.8) is 0 Å². The second kappa shape index (κ2) is 8.39. The van der Waals surface area contributed by atoms with E-state index in [9.17, 15) is 21.6 Å². The van der Waals surface area contributed by atoms with Crippen LogP contribution in [0.25, 0.3) is 0 Å². The third kappa shape index (κ3) is 4.52. The summed E-state index contributed by atoms with van der Waals surface area (Å²) in [4.78, 5) is 6.72. The molecule has 1 saturated heterocycles. The van der Waals surface area contributed by atoms with Crippen molar-refractivity contribution < 1.29 is 21.6 Å². The van der Waals surface area contributed by atoms with Crippen molar-refractivity contribution in [1.29, 1.82) is 0 Å². The van der Waals surface area contributed by atoms with Gasteiger partial charge in [0, 0.05) is 31.0 Å². The number of hydrogen-bond donors (Lipinski definition) is 0. The predicted molar refractivity (Wildman–Crippen MR) is 110 cm³/mol. The average Bonchev–Trinajstić information content (AvgIpc) is 3.16. The molecule has 0 bridgehead atoms. The number of aromatic nitrogens is 1. The highest BCUT2D eigenvalue weighted by Gasteiger charge is 2.32. The third-order valence-corrected chi connectivity index (χ3v) is 8.37. The largest absolute Gasteiger partial charge is 0.348 e. The maximum absolute atomic E-state index is 13.4. The van der Waals surface area contributed by atoms with Gasteiger partial charge >= 0.3 is 0 Å². The van der Waals surface area contributed by atoms with Gasteiger partial charge in [0.05, 0.1) is 15.8 Å². The predicted octanol–water partition coefficient (Wildman–Crippen LogP) is 4.59. The van der Waals surface area contributed by atoms with Gasteiger partial charge in [0.15, 0.2) is 15.0 Å². The van der Waals surface area contributed by atoms with Crippen molar-refractivity contribution in [2.24, 2.45) is 0 Å². The Morgan fingerprint density at radius 3 is 2.23 bits per heavy atom. The molecule has 158 valence electrons. The van der Waals surface area contributed by atoms with E-state index in [1.54, 1.807) is 0 Å². The average molecular weight is 453 g/mol. The third-order valence-electron chi connectivity index (χ3n) is 5.14. The molecule has 0 aliphatic carbocycles. The van der Waals surface area contributed by atoms with Crippen LogP contribution in [0.3, 0.4) is 0 Å². The van der Waals surface area contributed by atoms with Gasteiger partial charge in [0.1, 0.15) is 17.5 Å². The summed E-state index contributed by atoms with van der Waals surface area (Å²) in [5, 5.41) is 2.09. The lowest BCUT2D eigenvalue weighted by atomic mass is 10.1. The molecule has 9 heteroatoms. The fraction of sp³-hybridized carbons (Fsp3) is 0.286. The molecule has 0 N–H and O–H groups in total. The van der Waals surface area contributed by atoms with Gasteiger partial charge in [0.25, 0.3) is 0 Å². The van der Waals surface area contributed by atoms with E-state index >= 15 is 0 Å². The number of anilines is 1. The number of rotatable bonds is 5. The second-order valence-corrected chi connectivity index (χ2v) is 10.3. The van der Waals surface area contributed by atoms with E-state index in [0.29, 0.717) is 43.6 Å². The molecule has 30 heavy (non-hydrogen) atoms. The SMILES string of the molecule is O=S(=O)(c1ccc(F)cc1)C1CCN(c2nc(Cc3cc(F)cc(F)c3)cs2)CC1. The van der Waals surface area contributed by atoms with Crippen LogP contribution in [-0.4, -0.2) is 31.7 Å². The summed E-state index contributed by atoms with van der Waals surface area (Å²) < 4.78 is 65.4. The summed E-state index contributed by atoms with van der Waals surface area (Å²) in [6, 6.07) is 8.33. The molecular weight excluding hydrogens is 433 g/mol. The molecule has 4 rings (SSSR count). The standard InChI is InChI=1S/C21H19F3N2O2S2/c22-15-1-3-19(4-2-15)30(27,28)20-5-7-26(8-6-20)21-25-18(13-29-21)11-14-9-16(23)12-17(24)10-14/h1-4,9-10,12-13,20H,5-8,11H2. The summed E-state index contributed by atoms with van der Waals surface area (Å²) in [5.74, 6) is -1.71. The monoisotopic (exact) mass is 452 g/mol. The molecule has 0 amide bonds. The summed E-state index contributed by atoms with van der Waals surface area (Å²) in [5.41, 5.74) is 1.22. The lowest BCUT2D eigenvalue weighted by Gasteiger charge is -2.31. The number of hydrogen-bond acceptors (Lipinski definition) is 5. The first-order chi connectivity index (χ1) is 14.3. The van der Waals surface area contributed by atoms with Crippen LogP contribution in [0, 0.1) is 17.5 Å². The quantitative estimate of drug-likeness (QED) is 0.531. The molecule has 0 unspecified atom stereocenters. The molecule has 2 aromatic carbocycles. The summed E-state index contributed by atoms with van der Waals surface area (Å²) in [6.45, 7) is 1.07. The van der Waals surface area contributed by atoms with Crippen LogP contribution in [0.1, 0.15) is 24.1 Å². The van der Waals surface area contributed by atoms with Gasteiger partial charge in [-0.25, -0.2) is 26.6 Å². The number of thiazole rings is 1. The van der Waals surface area contributed by atoms with Gasteiger partial charge in [0.2, 0.25) is 0 Å². The molecule has 2 heterocycles. The molecule has 0 radical (unpaired) electrons. The number of halogens is 3. The lowest BCUT2D eigenvalue weighted by Crippen LogP contribution is -2.39. The minimum Gasteiger partial charge on any atom is -0.348 e. The van der Waals surface area contributed by atoms with Crippen LogP contribution in [0.2, 0.25) is 0 Å². The highest BCUT2D eigenvalue weighted by atomic mass is 32.2. The molecule has 1 aliphatic heterocycles. The van der Waals surface area contributed by atoms with Crippen LogP contribution in [-0.2, 0) is 16.3 Å². The van der Waals surface area contributed by atoms with E-state index in [2.05, 4.69) is 4.98 Å². The molecule has 1 fully saturated rings. The van der Waals surface area contributed by atoms with Gasteiger partial charge in [-0.15, -0.1) is 11.3 Å².